The number of halogens is 2. The van der Waals surface area contributed by atoms with Crippen molar-refractivity contribution in [1.29, 1.82) is 0 Å². The fourth-order valence-electron chi connectivity index (χ4n) is 1.26. The van der Waals surface area contributed by atoms with Crippen LogP contribution in [0.15, 0.2) is 18.2 Å². The first-order valence-electron chi connectivity index (χ1n) is 5.16. The summed E-state index contributed by atoms with van der Waals surface area (Å²) in [6.45, 7) is 1.92. The van der Waals surface area contributed by atoms with Gasteiger partial charge < -0.3 is 11.1 Å². The van der Waals surface area contributed by atoms with Crippen molar-refractivity contribution in [1.82, 2.24) is 5.32 Å². The lowest BCUT2D eigenvalue weighted by molar-refractivity contribution is -0.118. The Kier molecular flexibility index (Phi) is 4.63. The lowest BCUT2D eigenvalue weighted by Gasteiger charge is -2.02. The average molecular weight is 240 g/mol. The minimum absolute atomic E-state index is 0.106. The molecule has 1 rings (SSSR count). The van der Waals surface area contributed by atoms with Gasteiger partial charge in [0.15, 0.2) is 11.6 Å². The van der Waals surface area contributed by atoms with Crippen LogP contribution in [0.2, 0.25) is 0 Å². The second kappa shape index (κ2) is 5.98. The zero-order valence-corrected chi connectivity index (χ0v) is 9.47. The maximum atomic E-state index is 12.9. The Morgan fingerprint density at radius 2 is 2.06 bits per heavy atom. The number of benzene rings is 1. The number of anilines is 1. The molecular weight excluding hydrogens is 226 g/mol. The lowest BCUT2D eigenvalue weighted by atomic mass is 10.1. The van der Waals surface area contributed by atoms with Crippen molar-refractivity contribution >= 4 is 17.7 Å². The van der Waals surface area contributed by atoms with Crippen LogP contribution in [-0.4, -0.2) is 12.5 Å². The first-order valence-corrected chi connectivity index (χ1v) is 5.16. The van der Waals surface area contributed by atoms with Crippen LogP contribution in [0, 0.1) is 11.6 Å². The second-order valence-electron chi connectivity index (χ2n) is 3.57. The molecular formula is C12H14F2N2O. The summed E-state index contributed by atoms with van der Waals surface area (Å²) in [4.78, 5) is 10.6. The third kappa shape index (κ3) is 4.22. The summed E-state index contributed by atoms with van der Waals surface area (Å²) in [5.41, 5.74) is 6.13. The Labute approximate surface area is 98.3 Å². The Hall–Kier alpha value is -1.91. The molecule has 0 heterocycles. The number of nitrogen functional groups attached to an aromatic ring is 1. The van der Waals surface area contributed by atoms with Gasteiger partial charge in [0.1, 0.15) is 0 Å². The highest BCUT2D eigenvalue weighted by molar-refractivity contribution is 5.72. The van der Waals surface area contributed by atoms with Gasteiger partial charge >= 0.3 is 0 Å². The molecule has 0 saturated heterocycles. The van der Waals surface area contributed by atoms with Crippen molar-refractivity contribution in [3.05, 3.63) is 35.4 Å². The van der Waals surface area contributed by atoms with E-state index in [1.807, 2.05) is 0 Å². The minimum atomic E-state index is -0.960. The van der Waals surface area contributed by atoms with Crippen molar-refractivity contribution < 1.29 is 13.6 Å². The summed E-state index contributed by atoms with van der Waals surface area (Å²) in [5, 5.41) is 2.61. The van der Waals surface area contributed by atoms with E-state index in [1.165, 1.54) is 6.92 Å². The number of hydrogen-bond donors (Lipinski definition) is 2. The molecule has 0 aliphatic carbocycles. The first-order chi connectivity index (χ1) is 8.00. The molecule has 0 aliphatic heterocycles. The molecule has 17 heavy (non-hydrogen) atoms. The zero-order chi connectivity index (χ0) is 12.8. The van der Waals surface area contributed by atoms with E-state index in [2.05, 4.69) is 5.32 Å². The van der Waals surface area contributed by atoms with E-state index in [1.54, 1.807) is 12.2 Å². The molecule has 0 saturated carbocycles. The van der Waals surface area contributed by atoms with E-state index in [9.17, 15) is 13.6 Å². The average Bonchev–Trinajstić information content (AvgIpc) is 2.24. The number of hydrogen-bond acceptors (Lipinski definition) is 2. The number of nitrogens with one attached hydrogen (secondary N) is 1. The second-order valence-corrected chi connectivity index (χ2v) is 3.57. The van der Waals surface area contributed by atoms with Crippen LogP contribution in [0.4, 0.5) is 14.5 Å². The maximum absolute atomic E-state index is 12.9. The van der Waals surface area contributed by atoms with Crippen molar-refractivity contribution in [2.24, 2.45) is 0 Å². The van der Waals surface area contributed by atoms with Crippen molar-refractivity contribution in [2.45, 2.75) is 13.3 Å². The zero-order valence-electron chi connectivity index (χ0n) is 9.47. The van der Waals surface area contributed by atoms with Gasteiger partial charge in [-0.1, -0.05) is 12.2 Å². The largest absolute Gasteiger partial charge is 0.398 e. The molecule has 3 nitrogen and oxygen atoms in total. The highest BCUT2D eigenvalue weighted by atomic mass is 19.2. The van der Waals surface area contributed by atoms with Gasteiger partial charge in [0.25, 0.3) is 0 Å². The van der Waals surface area contributed by atoms with E-state index >= 15 is 0 Å². The van der Waals surface area contributed by atoms with Gasteiger partial charge in [0, 0.05) is 30.8 Å². The van der Waals surface area contributed by atoms with Crippen molar-refractivity contribution in [2.75, 3.05) is 12.3 Å². The van der Waals surface area contributed by atoms with E-state index in [4.69, 9.17) is 5.73 Å². The summed E-state index contributed by atoms with van der Waals surface area (Å²) in [6, 6.07) is 1.99. The molecule has 1 amide bonds. The van der Waals surface area contributed by atoms with E-state index < -0.39 is 11.6 Å². The molecule has 0 spiro atoms. The molecule has 0 unspecified atom stereocenters. The van der Waals surface area contributed by atoms with Gasteiger partial charge in [0.2, 0.25) is 5.91 Å². The summed E-state index contributed by atoms with van der Waals surface area (Å²) in [6.07, 6.45) is 3.93. The molecule has 1 aromatic carbocycles. The standard InChI is InChI=1S/C12H14F2N2O/c1-8(17)16-5-3-2-4-9-6-10(13)11(14)7-12(9)15/h2,4,6-7H,3,5,15H2,1H3,(H,16,17). The third-order valence-corrected chi connectivity index (χ3v) is 2.11. The number of amides is 1. The predicted octanol–water partition coefficient (Wildman–Crippen LogP) is 2.09. The van der Waals surface area contributed by atoms with Gasteiger partial charge in [0.05, 0.1) is 0 Å². The van der Waals surface area contributed by atoms with Crippen LogP contribution in [0.5, 0.6) is 0 Å². The Bertz CT molecular complexity index is 444. The number of rotatable bonds is 4. The van der Waals surface area contributed by atoms with Crippen LogP contribution in [0.25, 0.3) is 6.08 Å². The van der Waals surface area contributed by atoms with Crippen LogP contribution in [-0.2, 0) is 4.79 Å². The predicted molar refractivity (Wildman–Crippen MR) is 63.1 cm³/mol. The van der Waals surface area contributed by atoms with E-state index in [0.717, 1.165) is 12.1 Å². The fraction of sp³-hybridized carbons (Fsp3) is 0.250. The molecule has 0 radical (unpaired) electrons. The molecule has 0 bridgehead atoms. The van der Waals surface area contributed by atoms with Gasteiger partial charge in [-0.05, 0) is 12.5 Å². The highest BCUT2D eigenvalue weighted by Gasteiger charge is 2.04. The molecule has 0 aromatic heterocycles. The number of carbonyl (C=O) groups excluding carboxylic acids is 1. The molecule has 3 N–H and O–H groups in total. The smallest absolute Gasteiger partial charge is 0.216 e. The van der Waals surface area contributed by atoms with Gasteiger partial charge in [-0.25, -0.2) is 8.78 Å². The first kappa shape index (κ1) is 13.2. The Morgan fingerprint density at radius 3 is 2.71 bits per heavy atom. The van der Waals surface area contributed by atoms with E-state index in [0.29, 0.717) is 18.5 Å². The summed E-state index contributed by atoms with van der Waals surface area (Å²) < 4.78 is 25.7. The number of carbonyl (C=O) groups is 1. The normalized spacial score (nSPS) is 10.8. The maximum Gasteiger partial charge on any atom is 0.216 e. The lowest BCUT2D eigenvalue weighted by Crippen LogP contribution is -2.20. The van der Waals surface area contributed by atoms with Crippen LogP contribution in [0.3, 0.4) is 0 Å². The van der Waals surface area contributed by atoms with Crippen molar-refractivity contribution in [3.63, 3.8) is 0 Å². The molecule has 1 aromatic rings. The van der Waals surface area contributed by atoms with Crippen molar-refractivity contribution in [3.8, 4) is 0 Å². The number of nitrogens with two attached hydrogens (primary N) is 1. The van der Waals surface area contributed by atoms with Crippen LogP contribution >= 0.6 is 0 Å². The summed E-state index contributed by atoms with van der Waals surface area (Å²) in [5.74, 6) is -2.00. The summed E-state index contributed by atoms with van der Waals surface area (Å²) >= 11 is 0. The fourth-order valence-corrected chi connectivity index (χ4v) is 1.26. The van der Waals surface area contributed by atoms with Gasteiger partial charge in [-0.3, -0.25) is 4.79 Å². The molecule has 0 atom stereocenters. The highest BCUT2D eigenvalue weighted by Crippen LogP contribution is 2.18. The van der Waals surface area contributed by atoms with Crippen LogP contribution in [0.1, 0.15) is 18.9 Å². The van der Waals surface area contributed by atoms with Gasteiger partial charge in [-0.2, -0.15) is 0 Å². The Balaban J connectivity index is 2.59. The summed E-state index contributed by atoms with van der Waals surface area (Å²) in [7, 11) is 0. The Morgan fingerprint density at radius 1 is 1.41 bits per heavy atom. The third-order valence-electron chi connectivity index (χ3n) is 2.11. The van der Waals surface area contributed by atoms with E-state index in [-0.39, 0.29) is 11.6 Å². The van der Waals surface area contributed by atoms with Crippen LogP contribution < -0.4 is 11.1 Å². The molecule has 5 heteroatoms. The monoisotopic (exact) mass is 240 g/mol. The molecule has 0 aliphatic rings. The topological polar surface area (TPSA) is 55.1 Å². The minimum Gasteiger partial charge on any atom is -0.398 e. The quantitative estimate of drug-likeness (QED) is 0.625. The molecule has 92 valence electrons. The molecule has 0 fully saturated rings. The van der Waals surface area contributed by atoms with Gasteiger partial charge in [-0.15, -0.1) is 0 Å². The SMILES string of the molecule is CC(=O)NCCC=Cc1cc(F)c(F)cc1N.